The minimum Gasteiger partial charge on any atom is -0.368 e. The number of anilines is 1. The van der Waals surface area contributed by atoms with Gasteiger partial charge in [0.1, 0.15) is 0 Å². The van der Waals surface area contributed by atoms with E-state index in [9.17, 15) is 0 Å². The Labute approximate surface area is 137 Å². The van der Waals surface area contributed by atoms with Gasteiger partial charge in [-0.1, -0.05) is 48.7 Å². The number of rotatable bonds is 4. The molecule has 2 unspecified atom stereocenters. The quantitative estimate of drug-likeness (QED) is 0.845. The van der Waals surface area contributed by atoms with E-state index in [0.717, 1.165) is 18.5 Å². The second-order valence-electron chi connectivity index (χ2n) is 6.90. The fraction of sp³-hybridized carbons (Fsp3) is 0.667. The summed E-state index contributed by atoms with van der Waals surface area (Å²) in [6, 6.07) is 8.10. The van der Waals surface area contributed by atoms with Crippen molar-refractivity contribution in [2.45, 2.75) is 64.6 Å². The molecule has 1 N–H and O–H groups in total. The van der Waals surface area contributed by atoms with Gasteiger partial charge >= 0.3 is 0 Å². The average molecular weight is 351 g/mol. The number of hydrogen-bond donors (Lipinski definition) is 1. The lowest BCUT2D eigenvalue weighted by Gasteiger charge is -2.34. The first-order valence-electron chi connectivity index (χ1n) is 8.43. The van der Waals surface area contributed by atoms with Gasteiger partial charge in [0.15, 0.2) is 0 Å². The Kier molecular flexibility index (Phi) is 4.90. The number of halogens is 1. The molecule has 1 aromatic carbocycles. The minimum absolute atomic E-state index is 0.530. The fourth-order valence-corrected chi connectivity index (χ4v) is 4.32. The molecule has 2 nitrogen and oxygen atoms in total. The summed E-state index contributed by atoms with van der Waals surface area (Å²) in [5.41, 5.74) is 2.89. The van der Waals surface area contributed by atoms with Gasteiger partial charge in [-0.2, -0.15) is 0 Å². The third-order valence-corrected chi connectivity index (χ3v) is 5.56. The van der Waals surface area contributed by atoms with Crippen LogP contribution in [0, 0.1) is 5.92 Å². The zero-order valence-corrected chi connectivity index (χ0v) is 14.8. The van der Waals surface area contributed by atoms with Crippen LogP contribution in [0.1, 0.15) is 51.5 Å². The van der Waals surface area contributed by atoms with E-state index in [0.29, 0.717) is 6.04 Å². The predicted octanol–water partition coefficient (Wildman–Crippen LogP) is 4.72. The highest BCUT2D eigenvalue weighted by Crippen LogP contribution is 2.40. The molecule has 0 bridgehead atoms. The largest absolute Gasteiger partial charge is 0.368 e. The first-order valence-corrected chi connectivity index (χ1v) is 9.23. The van der Waals surface area contributed by atoms with E-state index in [4.69, 9.17) is 0 Å². The summed E-state index contributed by atoms with van der Waals surface area (Å²) < 4.78 is 1.20. The molecule has 116 valence electrons. The van der Waals surface area contributed by atoms with Gasteiger partial charge in [-0.3, -0.25) is 0 Å². The molecule has 21 heavy (non-hydrogen) atoms. The fourth-order valence-electron chi connectivity index (χ4n) is 3.97. The van der Waals surface area contributed by atoms with Gasteiger partial charge in [0.05, 0.1) is 0 Å². The van der Waals surface area contributed by atoms with Crippen LogP contribution >= 0.6 is 15.9 Å². The smallest absolute Gasteiger partial charge is 0.0425 e. The minimum atomic E-state index is 0.530. The van der Waals surface area contributed by atoms with Crippen molar-refractivity contribution >= 4 is 21.6 Å². The lowest BCUT2D eigenvalue weighted by molar-refractivity contribution is 0.342. The molecule has 1 heterocycles. The van der Waals surface area contributed by atoms with Crippen LogP contribution in [0.4, 0.5) is 5.69 Å². The maximum atomic E-state index is 3.66. The van der Waals surface area contributed by atoms with Crippen molar-refractivity contribution in [2.24, 2.45) is 5.92 Å². The van der Waals surface area contributed by atoms with Crippen LogP contribution in [0.3, 0.4) is 0 Å². The molecule has 0 spiro atoms. The summed E-state index contributed by atoms with van der Waals surface area (Å²) in [7, 11) is 0. The standard InChI is InChI=1S/C18H27BrN2/c1-13(2)20-12-15-7-8-16(19)11-18(15)21-10-9-14-5-3-4-6-17(14)21/h7-8,11,13-14,17,20H,3-6,9-10,12H2,1-2H3. The molecule has 2 aliphatic rings. The lowest BCUT2D eigenvalue weighted by Crippen LogP contribution is -2.35. The van der Waals surface area contributed by atoms with Gasteiger partial charge in [-0.05, 0) is 42.9 Å². The van der Waals surface area contributed by atoms with Crippen molar-refractivity contribution in [3.63, 3.8) is 0 Å². The Hall–Kier alpha value is -0.540. The van der Waals surface area contributed by atoms with Crippen LogP contribution in [0.15, 0.2) is 22.7 Å². The Morgan fingerprint density at radius 2 is 2.05 bits per heavy atom. The van der Waals surface area contributed by atoms with Crippen LogP contribution in [0.2, 0.25) is 0 Å². The van der Waals surface area contributed by atoms with Crippen molar-refractivity contribution in [3.05, 3.63) is 28.2 Å². The number of nitrogens with one attached hydrogen (secondary N) is 1. The summed E-state index contributed by atoms with van der Waals surface area (Å²) >= 11 is 3.66. The van der Waals surface area contributed by atoms with E-state index in [1.54, 1.807) is 0 Å². The molecule has 3 heteroatoms. The van der Waals surface area contributed by atoms with Crippen LogP contribution in [-0.2, 0) is 6.54 Å². The molecule has 1 aliphatic heterocycles. The summed E-state index contributed by atoms with van der Waals surface area (Å²) in [6.45, 7) is 6.63. The molecule has 2 atom stereocenters. The highest BCUT2D eigenvalue weighted by molar-refractivity contribution is 9.10. The first kappa shape index (κ1) is 15.4. The van der Waals surface area contributed by atoms with Crippen LogP contribution in [0.25, 0.3) is 0 Å². The van der Waals surface area contributed by atoms with Crippen LogP contribution in [-0.4, -0.2) is 18.6 Å². The average Bonchev–Trinajstić information content (AvgIpc) is 2.89. The maximum absolute atomic E-state index is 3.66. The van der Waals surface area contributed by atoms with Gasteiger partial charge in [-0.25, -0.2) is 0 Å². The molecule has 0 amide bonds. The Morgan fingerprint density at radius 3 is 2.86 bits per heavy atom. The zero-order valence-electron chi connectivity index (χ0n) is 13.2. The summed E-state index contributed by atoms with van der Waals surface area (Å²) in [4.78, 5) is 2.70. The molecule has 0 radical (unpaired) electrons. The molecule has 1 aromatic rings. The maximum Gasteiger partial charge on any atom is 0.0425 e. The lowest BCUT2D eigenvalue weighted by atomic mass is 9.85. The highest BCUT2D eigenvalue weighted by atomic mass is 79.9. The van der Waals surface area contributed by atoms with Gasteiger partial charge in [-0.15, -0.1) is 0 Å². The van der Waals surface area contributed by atoms with Gasteiger partial charge in [0.25, 0.3) is 0 Å². The van der Waals surface area contributed by atoms with Crippen LogP contribution < -0.4 is 10.2 Å². The van der Waals surface area contributed by atoms with E-state index in [-0.39, 0.29) is 0 Å². The van der Waals surface area contributed by atoms with E-state index in [2.05, 4.69) is 58.2 Å². The second-order valence-corrected chi connectivity index (χ2v) is 7.82. The molecule has 3 rings (SSSR count). The second kappa shape index (κ2) is 6.70. The van der Waals surface area contributed by atoms with Crippen molar-refractivity contribution in [1.29, 1.82) is 0 Å². The summed E-state index contributed by atoms with van der Waals surface area (Å²) in [6.07, 6.45) is 7.05. The number of fused-ring (bicyclic) bond motifs is 1. The van der Waals surface area contributed by atoms with Gasteiger partial charge in [0.2, 0.25) is 0 Å². The number of hydrogen-bond acceptors (Lipinski definition) is 2. The molecule has 1 saturated heterocycles. The number of benzene rings is 1. The molecule has 0 aromatic heterocycles. The van der Waals surface area contributed by atoms with Crippen molar-refractivity contribution < 1.29 is 0 Å². The Bertz CT molecular complexity index is 486. The van der Waals surface area contributed by atoms with E-state index < -0.39 is 0 Å². The van der Waals surface area contributed by atoms with Crippen molar-refractivity contribution in [1.82, 2.24) is 5.32 Å². The third-order valence-electron chi connectivity index (χ3n) is 5.07. The van der Waals surface area contributed by atoms with E-state index in [1.165, 1.54) is 54.4 Å². The monoisotopic (exact) mass is 350 g/mol. The highest BCUT2D eigenvalue weighted by Gasteiger charge is 2.36. The summed E-state index contributed by atoms with van der Waals surface area (Å²) in [5.74, 6) is 0.934. The molecule has 1 aliphatic carbocycles. The van der Waals surface area contributed by atoms with Gasteiger partial charge in [0, 0.05) is 35.3 Å². The van der Waals surface area contributed by atoms with E-state index in [1.807, 2.05) is 0 Å². The molecule has 1 saturated carbocycles. The van der Waals surface area contributed by atoms with E-state index >= 15 is 0 Å². The Balaban J connectivity index is 1.84. The predicted molar refractivity (Wildman–Crippen MR) is 93.8 cm³/mol. The third kappa shape index (κ3) is 3.45. The summed E-state index contributed by atoms with van der Waals surface area (Å²) in [5, 5.41) is 3.58. The molecular formula is C18H27BrN2. The zero-order chi connectivity index (χ0) is 14.8. The van der Waals surface area contributed by atoms with Crippen molar-refractivity contribution in [2.75, 3.05) is 11.4 Å². The van der Waals surface area contributed by atoms with Gasteiger partial charge < -0.3 is 10.2 Å². The Morgan fingerprint density at radius 1 is 1.24 bits per heavy atom. The first-order chi connectivity index (χ1) is 10.1. The number of nitrogens with zero attached hydrogens (tertiary/aromatic N) is 1. The molecule has 2 fully saturated rings. The normalized spacial score (nSPS) is 25.4. The SMILES string of the molecule is CC(C)NCc1ccc(Br)cc1N1CCC2CCCCC21. The topological polar surface area (TPSA) is 15.3 Å². The molecular weight excluding hydrogens is 324 g/mol. The van der Waals surface area contributed by atoms with Crippen LogP contribution in [0.5, 0.6) is 0 Å². The van der Waals surface area contributed by atoms with Crippen molar-refractivity contribution in [3.8, 4) is 0 Å².